The van der Waals surface area contributed by atoms with Crippen LogP contribution in [-0.4, -0.2) is 64.0 Å². The van der Waals surface area contributed by atoms with Crippen LogP contribution in [0, 0.1) is 0 Å². The van der Waals surface area contributed by atoms with Crippen molar-refractivity contribution in [2.75, 3.05) is 26.2 Å². The smallest absolute Gasteiger partial charge is 0.339 e. The highest BCUT2D eigenvalue weighted by Gasteiger charge is 2.34. The molecule has 2 amide bonds. The summed E-state index contributed by atoms with van der Waals surface area (Å²) in [7, 11) is 0. The molecule has 0 aromatic heterocycles. The summed E-state index contributed by atoms with van der Waals surface area (Å²) in [6.07, 6.45) is 0.827. The minimum absolute atomic E-state index is 0.0671. The third-order valence-electron chi connectivity index (χ3n) is 4.76. The van der Waals surface area contributed by atoms with Crippen LogP contribution in [0.25, 0.3) is 0 Å². The van der Waals surface area contributed by atoms with E-state index in [4.69, 9.17) is 10.2 Å². The predicted molar refractivity (Wildman–Crippen MR) is 109 cm³/mol. The molecule has 1 aliphatic heterocycles. The highest BCUT2D eigenvalue weighted by Crippen LogP contribution is 2.22. The van der Waals surface area contributed by atoms with Crippen molar-refractivity contribution in [3.63, 3.8) is 0 Å². The minimum Gasteiger partial charge on any atom is -0.507 e. The van der Waals surface area contributed by atoms with Gasteiger partial charge >= 0.3 is 5.97 Å². The Morgan fingerprint density at radius 1 is 0.931 bits per heavy atom. The molecule has 7 heteroatoms. The molecule has 29 heavy (non-hydrogen) atoms. The van der Waals surface area contributed by atoms with E-state index in [-0.39, 0.29) is 23.1 Å². The van der Waals surface area contributed by atoms with E-state index in [1.54, 1.807) is 36.4 Å². The molecule has 0 atom stereocenters. The first-order chi connectivity index (χ1) is 13.9. The standard InChI is InChI=1S/C15H20N2O2.C7H6O3/c1-3-16(4-2)10-7-11-17-14(18)12-8-5-6-9-13(12)15(17)19;8-6-4-2-1-3-5(6)7(9)10/h5-6,8-9H,3-4,7,10-11H2,1-2H3;1-4,8H,(H,9,10). The number of nitrogens with zero attached hydrogens (tertiary/aromatic N) is 2. The van der Waals surface area contributed by atoms with Gasteiger partial charge in [0.2, 0.25) is 0 Å². The minimum atomic E-state index is -1.11. The largest absolute Gasteiger partial charge is 0.507 e. The van der Waals surface area contributed by atoms with E-state index in [2.05, 4.69) is 18.7 Å². The van der Waals surface area contributed by atoms with E-state index < -0.39 is 5.97 Å². The molecule has 7 nitrogen and oxygen atoms in total. The Morgan fingerprint density at radius 2 is 1.45 bits per heavy atom. The van der Waals surface area contributed by atoms with Crippen LogP contribution in [0.15, 0.2) is 48.5 Å². The van der Waals surface area contributed by atoms with E-state index in [0.717, 1.165) is 26.1 Å². The number of benzene rings is 2. The van der Waals surface area contributed by atoms with E-state index in [1.165, 1.54) is 17.0 Å². The first kappa shape index (κ1) is 22.1. The Bertz CT molecular complexity index is 842. The second kappa shape index (κ2) is 10.4. The Kier molecular flexibility index (Phi) is 7.91. The molecule has 0 bridgehead atoms. The summed E-state index contributed by atoms with van der Waals surface area (Å²) in [4.78, 5) is 38.1. The highest BCUT2D eigenvalue weighted by atomic mass is 16.4. The topological polar surface area (TPSA) is 98.2 Å². The summed E-state index contributed by atoms with van der Waals surface area (Å²) < 4.78 is 0. The predicted octanol–water partition coefficient (Wildman–Crippen LogP) is 3.10. The van der Waals surface area contributed by atoms with Gasteiger partial charge < -0.3 is 15.1 Å². The Morgan fingerprint density at radius 3 is 1.90 bits per heavy atom. The molecular formula is C22H26N2O5. The molecule has 1 heterocycles. The monoisotopic (exact) mass is 398 g/mol. The van der Waals surface area contributed by atoms with Gasteiger partial charge in [0.1, 0.15) is 11.3 Å². The summed E-state index contributed by atoms with van der Waals surface area (Å²) >= 11 is 0. The number of carboxylic acid groups (broad SMARTS) is 1. The number of hydrogen-bond acceptors (Lipinski definition) is 5. The van der Waals surface area contributed by atoms with Crippen LogP contribution in [0.4, 0.5) is 0 Å². The molecule has 3 rings (SSSR count). The molecule has 1 aliphatic rings. The van der Waals surface area contributed by atoms with Crippen LogP contribution < -0.4 is 0 Å². The average molecular weight is 398 g/mol. The zero-order chi connectivity index (χ0) is 21.4. The van der Waals surface area contributed by atoms with Crippen molar-refractivity contribution in [3.8, 4) is 5.75 Å². The van der Waals surface area contributed by atoms with Crippen molar-refractivity contribution in [1.82, 2.24) is 9.80 Å². The Balaban J connectivity index is 0.000000253. The third-order valence-corrected chi connectivity index (χ3v) is 4.76. The fourth-order valence-corrected chi connectivity index (χ4v) is 3.09. The lowest BCUT2D eigenvalue weighted by atomic mass is 10.1. The maximum Gasteiger partial charge on any atom is 0.339 e. The number of aromatic carboxylic acids is 1. The maximum atomic E-state index is 12.1. The number of amides is 2. The summed E-state index contributed by atoms with van der Waals surface area (Å²) in [5.74, 6) is -1.62. The van der Waals surface area contributed by atoms with Crippen LogP contribution in [0.2, 0.25) is 0 Å². The zero-order valence-corrected chi connectivity index (χ0v) is 16.7. The third kappa shape index (κ3) is 5.42. The molecule has 2 aromatic carbocycles. The number of carboxylic acids is 1. The van der Waals surface area contributed by atoms with Crippen LogP contribution >= 0.6 is 0 Å². The summed E-state index contributed by atoms with van der Waals surface area (Å²) in [5.41, 5.74) is 1.01. The first-order valence-electron chi connectivity index (χ1n) is 9.59. The summed E-state index contributed by atoms with van der Waals surface area (Å²) in [6.45, 7) is 7.65. The molecule has 154 valence electrons. The quantitative estimate of drug-likeness (QED) is 0.696. The second-order valence-corrected chi connectivity index (χ2v) is 6.51. The van der Waals surface area contributed by atoms with E-state index in [9.17, 15) is 14.4 Å². The van der Waals surface area contributed by atoms with Gasteiger partial charge in [-0.1, -0.05) is 38.1 Å². The summed E-state index contributed by atoms with van der Waals surface area (Å²) in [6, 6.07) is 12.8. The Hall–Kier alpha value is -3.19. The van der Waals surface area contributed by atoms with Gasteiger partial charge in [-0.05, 0) is 50.3 Å². The number of aromatic hydroxyl groups is 1. The van der Waals surface area contributed by atoms with Crippen LogP contribution in [0.1, 0.15) is 51.3 Å². The van der Waals surface area contributed by atoms with Gasteiger partial charge in [0, 0.05) is 6.54 Å². The number of imide groups is 1. The van der Waals surface area contributed by atoms with Crippen LogP contribution in [0.5, 0.6) is 5.75 Å². The fraction of sp³-hybridized carbons (Fsp3) is 0.318. The molecule has 0 aliphatic carbocycles. The van der Waals surface area contributed by atoms with Crippen molar-refractivity contribution in [1.29, 1.82) is 0 Å². The lowest BCUT2D eigenvalue weighted by molar-refractivity contribution is 0.0644. The molecule has 0 unspecified atom stereocenters. The number of phenols is 1. The van der Waals surface area contributed by atoms with Gasteiger partial charge in [0.05, 0.1) is 11.1 Å². The zero-order valence-electron chi connectivity index (χ0n) is 16.7. The van der Waals surface area contributed by atoms with Crippen LogP contribution in [0.3, 0.4) is 0 Å². The van der Waals surface area contributed by atoms with Crippen molar-refractivity contribution in [2.45, 2.75) is 20.3 Å². The number of hydrogen-bond donors (Lipinski definition) is 2. The highest BCUT2D eigenvalue weighted by molar-refractivity contribution is 6.21. The summed E-state index contributed by atoms with van der Waals surface area (Å²) in [5, 5.41) is 17.3. The first-order valence-corrected chi connectivity index (χ1v) is 9.59. The van der Waals surface area contributed by atoms with Crippen molar-refractivity contribution < 1.29 is 24.6 Å². The molecule has 0 fully saturated rings. The van der Waals surface area contributed by atoms with E-state index in [0.29, 0.717) is 17.7 Å². The molecule has 0 saturated carbocycles. The molecule has 0 saturated heterocycles. The molecule has 0 spiro atoms. The van der Waals surface area contributed by atoms with Crippen LogP contribution in [-0.2, 0) is 0 Å². The van der Waals surface area contributed by atoms with Gasteiger partial charge in [0.25, 0.3) is 11.8 Å². The van der Waals surface area contributed by atoms with Gasteiger partial charge in [-0.2, -0.15) is 0 Å². The SMILES string of the molecule is CCN(CC)CCCN1C(=O)c2ccccc2C1=O.O=C(O)c1ccccc1O. The van der Waals surface area contributed by atoms with Gasteiger partial charge in [-0.25, -0.2) is 4.79 Å². The van der Waals surface area contributed by atoms with E-state index in [1.807, 2.05) is 0 Å². The lowest BCUT2D eigenvalue weighted by Gasteiger charge is -2.20. The average Bonchev–Trinajstić information content (AvgIpc) is 2.97. The van der Waals surface area contributed by atoms with Gasteiger partial charge in [0.15, 0.2) is 0 Å². The molecular weight excluding hydrogens is 372 g/mol. The van der Waals surface area contributed by atoms with Crippen molar-refractivity contribution >= 4 is 17.8 Å². The molecule has 2 N–H and O–H groups in total. The second-order valence-electron chi connectivity index (χ2n) is 6.51. The number of fused-ring (bicyclic) bond motifs is 1. The van der Waals surface area contributed by atoms with Crippen molar-refractivity contribution in [3.05, 3.63) is 65.2 Å². The van der Waals surface area contributed by atoms with Crippen molar-refractivity contribution in [2.24, 2.45) is 0 Å². The maximum absolute atomic E-state index is 12.1. The number of rotatable bonds is 7. The molecule has 2 aromatic rings. The molecule has 0 radical (unpaired) electrons. The van der Waals surface area contributed by atoms with Gasteiger partial charge in [-0.3, -0.25) is 14.5 Å². The van der Waals surface area contributed by atoms with E-state index >= 15 is 0 Å². The fourth-order valence-electron chi connectivity index (χ4n) is 3.09. The number of carbonyl (C=O) groups is 3. The number of carbonyl (C=O) groups excluding carboxylic acids is 2. The van der Waals surface area contributed by atoms with Gasteiger partial charge in [-0.15, -0.1) is 0 Å². The lowest BCUT2D eigenvalue weighted by Crippen LogP contribution is -2.33. The number of para-hydroxylation sites is 1. The Labute approximate surface area is 170 Å². The normalized spacial score (nSPS) is 12.6.